The van der Waals surface area contributed by atoms with E-state index in [1.54, 1.807) is 6.08 Å². The molecule has 4 saturated carbocycles. The van der Waals surface area contributed by atoms with Gasteiger partial charge in [0.15, 0.2) is 0 Å². The SMILES string of the molecule is C[C@]12CC[C@H](O[N+](=O)[O-])C[C@H]1CC[C@@H]1[C@@H]2CC[C@]2(C)[C@@H](C3=CC(=O)OC3)CC[C@@]12O. The number of fused-ring (bicyclic) bond motifs is 5. The highest BCUT2D eigenvalue weighted by molar-refractivity contribution is 5.85. The Morgan fingerprint density at radius 2 is 1.93 bits per heavy atom. The smallest absolute Gasteiger partial charge is 0.331 e. The molecule has 5 rings (SSSR count). The molecule has 1 heterocycles. The molecule has 0 aromatic heterocycles. The number of nitrogens with zero attached hydrogens (tertiary/aromatic N) is 1. The zero-order chi connectivity index (χ0) is 21.3. The van der Waals surface area contributed by atoms with Crippen LogP contribution >= 0.6 is 0 Å². The Bertz CT molecular complexity index is 797. The van der Waals surface area contributed by atoms with E-state index in [4.69, 9.17) is 9.57 Å². The Morgan fingerprint density at radius 3 is 2.63 bits per heavy atom. The van der Waals surface area contributed by atoms with Crippen LogP contribution in [0.1, 0.15) is 71.6 Å². The van der Waals surface area contributed by atoms with E-state index in [9.17, 15) is 20.0 Å². The molecule has 5 aliphatic rings. The van der Waals surface area contributed by atoms with Crippen LogP contribution in [-0.4, -0.2) is 34.5 Å². The minimum Gasteiger partial charge on any atom is -0.458 e. The van der Waals surface area contributed by atoms with Crippen molar-refractivity contribution in [3.8, 4) is 0 Å². The van der Waals surface area contributed by atoms with Gasteiger partial charge in [0.05, 0.1) is 5.60 Å². The molecule has 1 aliphatic heterocycles. The summed E-state index contributed by atoms with van der Waals surface area (Å²) in [6.07, 6.45) is 9.50. The van der Waals surface area contributed by atoms with E-state index in [-0.39, 0.29) is 34.7 Å². The molecule has 30 heavy (non-hydrogen) atoms. The van der Waals surface area contributed by atoms with Gasteiger partial charge < -0.3 is 14.7 Å². The van der Waals surface area contributed by atoms with Crippen molar-refractivity contribution in [3.63, 3.8) is 0 Å². The summed E-state index contributed by atoms with van der Waals surface area (Å²) in [6.45, 7) is 4.98. The maximum absolute atomic E-state index is 12.2. The van der Waals surface area contributed by atoms with E-state index in [1.165, 1.54) is 0 Å². The van der Waals surface area contributed by atoms with E-state index in [2.05, 4.69) is 13.8 Å². The summed E-state index contributed by atoms with van der Waals surface area (Å²) < 4.78 is 5.19. The van der Waals surface area contributed by atoms with Crippen LogP contribution in [0.4, 0.5) is 0 Å². The second-order valence-corrected chi connectivity index (χ2v) is 11.0. The van der Waals surface area contributed by atoms with Crippen molar-refractivity contribution in [1.29, 1.82) is 0 Å². The maximum atomic E-state index is 12.2. The summed E-state index contributed by atoms with van der Waals surface area (Å²) in [4.78, 5) is 27.4. The molecule has 4 fully saturated rings. The normalized spacial score (nSPS) is 50.0. The van der Waals surface area contributed by atoms with Gasteiger partial charge in [0.2, 0.25) is 0 Å². The van der Waals surface area contributed by atoms with E-state index < -0.39 is 10.7 Å². The Morgan fingerprint density at radius 1 is 1.13 bits per heavy atom. The van der Waals surface area contributed by atoms with Crippen LogP contribution in [0, 0.1) is 44.6 Å². The third-order valence-corrected chi connectivity index (χ3v) is 10.2. The zero-order valence-corrected chi connectivity index (χ0v) is 18.0. The Balaban J connectivity index is 1.40. The second kappa shape index (κ2) is 6.68. The van der Waals surface area contributed by atoms with Crippen LogP contribution in [0.5, 0.6) is 0 Å². The van der Waals surface area contributed by atoms with E-state index >= 15 is 0 Å². The van der Waals surface area contributed by atoms with Gasteiger partial charge in [-0.3, -0.25) is 0 Å². The van der Waals surface area contributed by atoms with Crippen molar-refractivity contribution >= 4 is 5.97 Å². The van der Waals surface area contributed by atoms with Crippen molar-refractivity contribution in [2.45, 2.75) is 83.3 Å². The highest BCUT2D eigenvalue weighted by Gasteiger charge is 2.67. The molecule has 0 aromatic carbocycles. The summed E-state index contributed by atoms with van der Waals surface area (Å²) in [6, 6.07) is 0. The third-order valence-electron chi connectivity index (χ3n) is 10.2. The van der Waals surface area contributed by atoms with Gasteiger partial charge in [0.25, 0.3) is 5.09 Å². The van der Waals surface area contributed by atoms with Crippen molar-refractivity contribution < 1.29 is 24.6 Å². The van der Waals surface area contributed by atoms with Crippen molar-refractivity contribution in [2.75, 3.05) is 6.61 Å². The van der Waals surface area contributed by atoms with E-state index in [0.717, 1.165) is 63.4 Å². The number of hydrogen-bond acceptors (Lipinski definition) is 6. The number of carbonyl (C=O) groups is 1. The van der Waals surface area contributed by atoms with Crippen LogP contribution in [0.25, 0.3) is 0 Å². The predicted molar refractivity (Wildman–Crippen MR) is 108 cm³/mol. The maximum Gasteiger partial charge on any atom is 0.331 e. The average molecular weight is 420 g/mol. The van der Waals surface area contributed by atoms with Crippen LogP contribution in [0.2, 0.25) is 0 Å². The molecule has 0 aromatic rings. The lowest BCUT2D eigenvalue weighted by Crippen LogP contribution is -2.62. The Hall–Kier alpha value is -1.63. The van der Waals surface area contributed by atoms with Gasteiger partial charge >= 0.3 is 5.97 Å². The minimum atomic E-state index is -0.713. The standard InChI is InChI=1S/C23H33NO6/c1-21-8-5-16(30-24(27)28)12-15(21)3-4-19-18(21)6-9-22(2)17(7-10-23(19,22)26)14-11-20(25)29-13-14/h11,15-19,26H,3-10,12-13H2,1-2H3/t15-,16+,17-,18+,19-,21+,22-,23-/m1/s1. The van der Waals surface area contributed by atoms with Crippen LogP contribution in [0.3, 0.4) is 0 Å². The van der Waals surface area contributed by atoms with E-state index in [0.29, 0.717) is 18.4 Å². The fourth-order valence-corrected chi connectivity index (χ4v) is 8.59. The average Bonchev–Trinajstić information content (AvgIpc) is 3.22. The first-order chi connectivity index (χ1) is 14.2. The van der Waals surface area contributed by atoms with Crippen molar-refractivity contribution in [2.24, 2.45) is 34.5 Å². The van der Waals surface area contributed by atoms with E-state index in [1.807, 2.05) is 0 Å². The van der Waals surface area contributed by atoms with Crippen LogP contribution in [0.15, 0.2) is 11.6 Å². The Labute approximate surface area is 177 Å². The van der Waals surface area contributed by atoms with Gasteiger partial charge in [-0.2, -0.15) is 0 Å². The number of cyclic esters (lactones) is 1. The molecule has 7 nitrogen and oxygen atoms in total. The minimum absolute atomic E-state index is 0.111. The molecule has 1 N–H and O–H groups in total. The van der Waals surface area contributed by atoms with Gasteiger partial charge in [-0.05, 0) is 92.4 Å². The molecule has 4 aliphatic carbocycles. The topological polar surface area (TPSA) is 98.9 Å². The third kappa shape index (κ3) is 2.69. The molecule has 7 heteroatoms. The lowest BCUT2D eigenvalue weighted by atomic mass is 9.43. The molecule has 166 valence electrons. The predicted octanol–water partition coefficient (Wildman–Crippen LogP) is 3.82. The largest absolute Gasteiger partial charge is 0.458 e. The fraction of sp³-hybridized carbons (Fsp3) is 0.870. The number of aliphatic hydroxyl groups is 1. The number of carbonyl (C=O) groups excluding carboxylic acids is 1. The van der Waals surface area contributed by atoms with Gasteiger partial charge in [-0.15, -0.1) is 10.1 Å². The molecule has 0 saturated heterocycles. The van der Waals surface area contributed by atoms with Gasteiger partial charge in [-0.1, -0.05) is 13.8 Å². The lowest BCUT2D eigenvalue weighted by Gasteiger charge is -2.63. The zero-order valence-electron chi connectivity index (χ0n) is 18.0. The Kier molecular flexibility index (Phi) is 4.52. The molecule has 0 amide bonds. The summed E-state index contributed by atoms with van der Waals surface area (Å²) >= 11 is 0. The second-order valence-electron chi connectivity index (χ2n) is 11.0. The first kappa shape index (κ1) is 20.3. The first-order valence-corrected chi connectivity index (χ1v) is 11.6. The molecule has 0 radical (unpaired) electrons. The molecule has 0 bridgehead atoms. The highest BCUT2D eigenvalue weighted by Crippen LogP contribution is 2.69. The van der Waals surface area contributed by atoms with Crippen molar-refractivity contribution in [3.05, 3.63) is 21.8 Å². The molecular formula is C23H33NO6. The molecular weight excluding hydrogens is 386 g/mol. The molecule has 0 spiro atoms. The summed E-state index contributed by atoms with van der Waals surface area (Å²) in [7, 11) is 0. The highest BCUT2D eigenvalue weighted by atomic mass is 17.0. The monoisotopic (exact) mass is 419 g/mol. The molecule has 8 atom stereocenters. The number of rotatable bonds is 3. The van der Waals surface area contributed by atoms with Gasteiger partial charge in [0.1, 0.15) is 12.7 Å². The summed E-state index contributed by atoms with van der Waals surface area (Å²) in [5.41, 5.74) is 0.243. The fourth-order valence-electron chi connectivity index (χ4n) is 8.59. The van der Waals surface area contributed by atoms with Crippen LogP contribution in [-0.2, 0) is 14.4 Å². The van der Waals surface area contributed by atoms with Crippen molar-refractivity contribution in [1.82, 2.24) is 0 Å². The lowest BCUT2D eigenvalue weighted by molar-refractivity contribution is -0.770. The quantitative estimate of drug-likeness (QED) is 0.424. The van der Waals surface area contributed by atoms with Crippen LogP contribution < -0.4 is 0 Å². The number of esters is 1. The van der Waals surface area contributed by atoms with Gasteiger partial charge in [-0.25, -0.2) is 4.79 Å². The summed E-state index contributed by atoms with van der Waals surface area (Å²) in [5.74, 6) is 1.09. The number of ether oxygens (including phenoxy) is 1. The number of hydrogen-bond donors (Lipinski definition) is 1. The summed E-state index contributed by atoms with van der Waals surface area (Å²) in [5, 5.41) is 22.3. The molecule has 0 unspecified atom stereocenters. The van der Waals surface area contributed by atoms with Gasteiger partial charge in [0, 0.05) is 11.5 Å². The first-order valence-electron chi connectivity index (χ1n) is 11.6.